The lowest BCUT2D eigenvalue weighted by Crippen LogP contribution is -2.86. The fraction of sp³-hybridized carbons (Fsp3) is 0.462. The molecular formula is C13H20N4O6. The van der Waals surface area contributed by atoms with Gasteiger partial charge in [-0.1, -0.05) is 13.3 Å². The van der Waals surface area contributed by atoms with Crippen LogP contribution >= 0.6 is 0 Å². The summed E-state index contributed by atoms with van der Waals surface area (Å²) in [5.74, 6) is -1.46. The quantitative estimate of drug-likeness (QED) is 0.263. The molecule has 0 saturated heterocycles. The highest BCUT2D eigenvalue weighted by atomic mass is 16.6. The zero-order valence-corrected chi connectivity index (χ0v) is 13.0. The van der Waals surface area contributed by atoms with Crippen molar-refractivity contribution in [1.82, 2.24) is 5.43 Å². The summed E-state index contributed by atoms with van der Waals surface area (Å²) < 4.78 is 4.83. The van der Waals surface area contributed by atoms with Crippen LogP contribution in [0.1, 0.15) is 32.4 Å². The number of furan rings is 1. The van der Waals surface area contributed by atoms with Crippen molar-refractivity contribution in [2.45, 2.75) is 26.7 Å². The minimum Gasteiger partial charge on any atom is -0.550 e. The van der Waals surface area contributed by atoms with E-state index in [2.05, 4.69) is 17.5 Å². The van der Waals surface area contributed by atoms with Gasteiger partial charge in [-0.3, -0.25) is 14.9 Å². The number of rotatable bonds is 8. The van der Waals surface area contributed by atoms with Crippen LogP contribution in [0, 0.1) is 10.1 Å². The molecule has 0 unspecified atom stereocenters. The molecule has 128 valence electrons. The van der Waals surface area contributed by atoms with Gasteiger partial charge in [0.1, 0.15) is 4.92 Å². The summed E-state index contributed by atoms with van der Waals surface area (Å²) in [4.78, 5) is 29.9. The fourth-order valence-electron chi connectivity index (χ4n) is 1.30. The van der Waals surface area contributed by atoms with Gasteiger partial charge in [-0.25, -0.2) is 5.43 Å². The minimum atomic E-state index is -1.08. The molecule has 1 aromatic rings. The van der Waals surface area contributed by atoms with Gasteiger partial charge in [-0.15, -0.1) is 0 Å². The Balaban J connectivity index is 0.00000108. The third-order valence-electron chi connectivity index (χ3n) is 2.27. The van der Waals surface area contributed by atoms with Crippen molar-refractivity contribution in [2.24, 2.45) is 5.10 Å². The molecule has 3 N–H and O–H groups in total. The van der Waals surface area contributed by atoms with E-state index in [4.69, 9.17) is 14.3 Å². The molecule has 1 heterocycles. The third-order valence-corrected chi connectivity index (χ3v) is 2.27. The largest absolute Gasteiger partial charge is 0.550 e. The summed E-state index contributed by atoms with van der Waals surface area (Å²) >= 11 is 0. The number of carbonyl (C=O) groups is 2. The van der Waals surface area contributed by atoms with E-state index in [1.165, 1.54) is 18.3 Å². The second-order valence-electron chi connectivity index (χ2n) is 4.35. The van der Waals surface area contributed by atoms with Crippen molar-refractivity contribution >= 4 is 24.0 Å². The van der Waals surface area contributed by atoms with Crippen molar-refractivity contribution in [1.29, 1.82) is 0 Å². The molecule has 0 atom stereocenters. The molecule has 1 aromatic heterocycles. The van der Waals surface area contributed by atoms with Crippen LogP contribution in [0.4, 0.5) is 5.88 Å². The molecule has 1 rings (SSSR count). The normalized spacial score (nSPS) is 10.0. The average Bonchev–Trinajstić information content (AvgIpc) is 2.92. The zero-order valence-electron chi connectivity index (χ0n) is 13.0. The molecule has 0 fully saturated rings. The molecule has 23 heavy (non-hydrogen) atoms. The van der Waals surface area contributed by atoms with Crippen molar-refractivity contribution in [3.63, 3.8) is 0 Å². The molecule has 0 bridgehead atoms. The molecular weight excluding hydrogens is 308 g/mol. The first-order chi connectivity index (χ1) is 10.9. The Morgan fingerprint density at radius 2 is 2.13 bits per heavy atom. The Bertz CT molecular complexity index is 536. The average molecular weight is 328 g/mol. The number of hydrogen-bond donors (Lipinski definition) is 2. The predicted octanol–water partition coefficient (Wildman–Crippen LogP) is -1.24. The fourth-order valence-corrected chi connectivity index (χ4v) is 1.30. The number of nitrogens with two attached hydrogens (primary N) is 1. The van der Waals surface area contributed by atoms with E-state index < -0.39 is 10.9 Å². The first kappa shape index (κ1) is 20.2. The van der Waals surface area contributed by atoms with E-state index in [1.807, 2.05) is 5.32 Å². The lowest BCUT2D eigenvalue weighted by Gasteiger charge is -1.98. The van der Waals surface area contributed by atoms with Gasteiger partial charge in [0.05, 0.1) is 18.8 Å². The molecule has 0 radical (unpaired) electrons. The second kappa shape index (κ2) is 11.9. The van der Waals surface area contributed by atoms with E-state index in [0.717, 1.165) is 26.3 Å². The van der Waals surface area contributed by atoms with E-state index >= 15 is 0 Å². The van der Waals surface area contributed by atoms with Crippen molar-refractivity contribution < 1.29 is 29.4 Å². The smallest absolute Gasteiger partial charge is 0.433 e. The van der Waals surface area contributed by atoms with Gasteiger partial charge in [0.25, 0.3) is 5.91 Å². The number of hydrazone groups is 1. The van der Waals surface area contributed by atoms with Gasteiger partial charge >= 0.3 is 5.88 Å². The van der Waals surface area contributed by atoms with Crippen LogP contribution < -0.4 is 15.8 Å². The molecule has 0 aromatic carbocycles. The van der Waals surface area contributed by atoms with Gasteiger partial charge < -0.3 is 19.6 Å². The van der Waals surface area contributed by atoms with E-state index in [-0.39, 0.29) is 17.6 Å². The van der Waals surface area contributed by atoms with Crippen LogP contribution in [0.25, 0.3) is 0 Å². The number of unbranched alkanes of at least 4 members (excludes halogenated alkanes) is 1. The number of carbonyl (C=O) groups excluding carboxylic acids is 2. The second-order valence-corrected chi connectivity index (χ2v) is 4.35. The highest BCUT2D eigenvalue weighted by Crippen LogP contribution is 2.13. The van der Waals surface area contributed by atoms with Crippen LogP contribution in [-0.2, 0) is 9.59 Å². The molecule has 1 amide bonds. The molecule has 0 aliphatic rings. The van der Waals surface area contributed by atoms with Crippen molar-refractivity contribution in [3.05, 3.63) is 28.0 Å². The Labute approximate surface area is 132 Å². The summed E-state index contributed by atoms with van der Waals surface area (Å²) in [7, 11) is 0. The number of amides is 1. The molecule has 10 nitrogen and oxygen atoms in total. The summed E-state index contributed by atoms with van der Waals surface area (Å²) in [6.45, 7) is 4.26. The number of nitrogens with zero attached hydrogens (tertiary/aromatic N) is 2. The van der Waals surface area contributed by atoms with E-state index in [0.29, 0.717) is 6.54 Å². The first-order valence-electron chi connectivity index (χ1n) is 6.92. The molecule has 0 saturated carbocycles. The summed E-state index contributed by atoms with van der Waals surface area (Å²) in [5, 5.41) is 24.8. The number of carboxylic acid groups (broad SMARTS) is 1. The Kier molecular flexibility index (Phi) is 10.4. The van der Waals surface area contributed by atoms with Crippen LogP contribution in [0.2, 0.25) is 0 Å². The first-order valence-corrected chi connectivity index (χ1v) is 6.92. The minimum absolute atomic E-state index is 0.210. The molecule has 0 aliphatic heterocycles. The van der Waals surface area contributed by atoms with Gasteiger partial charge in [0.2, 0.25) is 0 Å². The summed E-state index contributed by atoms with van der Waals surface area (Å²) in [5.41, 5.74) is 2.32. The van der Waals surface area contributed by atoms with E-state index in [9.17, 15) is 14.9 Å². The Morgan fingerprint density at radius 1 is 1.48 bits per heavy atom. The highest BCUT2D eigenvalue weighted by molar-refractivity contribution is 5.80. The lowest BCUT2D eigenvalue weighted by atomic mass is 10.3. The van der Waals surface area contributed by atoms with Gasteiger partial charge in [-0.05, 0) is 19.4 Å². The summed E-state index contributed by atoms with van der Waals surface area (Å²) in [6, 6.07) is 2.63. The van der Waals surface area contributed by atoms with Crippen LogP contribution in [0.15, 0.2) is 21.7 Å². The Morgan fingerprint density at radius 3 is 2.65 bits per heavy atom. The van der Waals surface area contributed by atoms with Crippen LogP contribution in [0.3, 0.4) is 0 Å². The van der Waals surface area contributed by atoms with Crippen molar-refractivity contribution in [2.75, 3.05) is 13.1 Å². The zero-order chi connectivity index (χ0) is 17.7. The third kappa shape index (κ3) is 11.6. The number of nitro groups is 1. The van der Waals surface area contributed by atoms with Crippen molar-refractivity contribution in [3.8, 4) is 0 Å². The van der Waals surface area contributed by atoms with Gasteiger partial charge in [-0.2, -0.15) is 5.10 Å². The van der Waals surface area contributed by atoms with E-state index in [1.54, 1.807) is 0 Å². The van der Waals surface area contributed by atoms with Gasteiger partial charge in [0, 0.05) is 5.97 Å². The standard InChI is InChI=1S/C11H16N4O4.C2H4O2/c1-2-3-6-12-8-10(16)14-13-7-9-4-5-11(19-9)15(17)18;1-2(3)4/h4-5,7,12H,2-3,6,8H2,1H3,(H,14,16);1H3,(H,3,4)/b13-7+;. The number of nitrogens with one attached hydrogen (secondary N) is 1. The maximum absolute atomic E-state index is 11.3. The highest BCUT2D eigenvalue weighted by Gasteiger charge is 2.10. The predicted molar refractivity (Wildman–Crippen MR) is 78.3 cm³/mol. The number of hydrogen-bond acceptors (Lipinski definition) is 7. The number of quaternary nitrogens is 1. The monoisotopic (exact) mass is 328 g/mol. The maximum atomic E-state index is 11.3. The van der Waals surface area contributed by atoms with Crippen LogP contribution in [-0.4, -0.2) is 36.1 Å². The topological polar surface area (TPSA) is 154 Å². The lowest BCUT2D eigenvalue weighted by molar-refractivity contribution is -0.644. The molecule has 0 spiro atoms. The molecule has 0 aliphatic carbocycles. The number of carboxylic acids is 1. The van der Waals surface area contributed by atoms with Crippen LogP contribution in [0.5, 0.6) is 0 Å². The summed E-state index contributed by atoms with van der Waals surface area (Å²) in [6.07, 6.45) is 3.37. The number of aliphatic carboxylic acids is 1. The SMILES string of the molecule is CC(=O)[O-].CCCC[NH2+]CC(=O)N/N=C/c1ccc([N+](=O)[O-])o1. The van der Waals surface area contributed by atoms with Gasteiger partial charge in [0.15, 0.2) is 12.3 Å². The maximum Gasteiger partial charge on any atom is 0.433 e. The molecule has 10 heteroatoms. The Hall–Kier alpha value is -2.75.